The van der Waals surface area contributed by atoms with Gasteiger partial charge in [-0.1, -0.05) is 6.92 Å². The van der Waals surface area contributed by atoms with E-state index in [1.807, 2.05) is 13.2 Å². The summed E-state index contributed by atoms with van der Waals surface area (Å²) in [6.45, 7) is 4.16. The summed E-state index contributed by atoms with van der Waals surface area (Å²) in [7, 11) is 1.90. The van der Waals surface area contributed by atoms with Gasteiger partial charge in [-0.25, -0.2) is 0 Å². The Morgan fingerprint density at radius 2 is 2.39 bits per heavy atom. The summed E-state index contributed by atoms with van der Waals surface area (Å²) in [6.07, 6.45) is 3.04. The smallest absolute Gasteiger partial charge is 0.305 e. The molecule has 1 aliphatic heterocycles. The summed E-state index contributed by atoms with van der Waals surface area (Å²) in [5.74, 6) is -0.758. The maximum Gasteiger partial charge on any atom is 0.305 e. The van der Waals surface area contributed by atoms with Gasteiger partial charge >= 0.3 is 5.97 Å². The highest BCUT2D eigenvalue weighted by Gasteiger charge is 2.38. The summed E-state index contributed by atoms with van der Waals surface area (Å²) >= 11 is 0. The summed E-state index contributed by atoms with van der Waals surface area (Å²) in [6, 6.07) is 0. The van der Waals surface area contributed by atoms with Gasteiger partial charge in [-0.15, -0.1) is 0 Å². The second-order valence-corrected chi connectivity index (χ2v) is 4.94. The van der Waals surface area contributed by atoms with Crippen molar-refractivity contribution in [1.82, 2.24) is 20.4 Å². The third kappa shape index (κ3) is 2.70. The highest BCUT2D eigenvalue weighted by atomic mass is 16.4. The zero-order chi connectivity index (χ0) is 13.2. The number of carbonyl (C=O) groups is 1. The van der Waals surface area contributed by atoms with Crippen LogP contribution in [-0.2, 0) is 24.8 Å². The van der Waals surface area contributed by atoms with Crippen molar-refractivity contribution >= 4 is 5.97 Å². The molecule has 18 heavy (non-hydrogen) atoms. The normalized spacial score (nSPS) is 17.4. The molecule has 0 unspecified atom stereocenters. The Bertz CT molecular complexity index is 437. The van der Waals surface area contributed by atoms with Crippen molar-refractivity contribution in [2.75, 3.05) is 13.1 Å². The quantitative estimate of drug-likeness (QED) is 0.658. The zero-order valence-corrected chi connectivity index (χ0v) is 10.9. The van der Waals surface area contributed by atoms with Crippen molar-refractivity contribution in [3.63, 3.8) is 0 Å². The Hall–Kier alpha value is -1.40. The van der Waals surface area contributed by atoms with Crippen molar-refractivity contribution in [3.8, 4) is 0 Å². The number of hydrogen-bond donors (Lipinski definition) is 3. The molecule has 0 spiro atoms. The van der Waals surface area contributed by atoms with Crippen LogP contribution in [0.2, 0.25) is 0 Å². The monoisotopic (exact) mass is 252 g/mol. The standard InChI is InChI=1S/C12H20N4O2/c1-3-10-9(6-16(2)15-10)5-14-12(4-11(17)18)7-13-8-12/h6,13-14H,3-5,7-8H2,1-2H3,(H,17,18). The van der Waals surface area contributed by atoms with Crippen LogP contribution in [0.1, 0.15) is 24.6 Å². The summed E-state index contributed by atoms with van der Waals surface area (Å²) in [5.41, 5.74) is 1.92. The van der Waals surface area contributed by atoms with Gasteiger partial charge in [0.2, 0.25) is 0 Å². The first-order valence-electron chi connectivity index (χ1n) is 6.23. The van der Waals surface area contributed by atoms with E-state index in [1.165, 1.54) is 0 Å². The fraction of sp³-hybridized carbons (Fsp3) is 0.667. The molecule has 0 radical (unpaired) electrons. The predicted molar refractivity (Wildman–Crippen MR) is 67.3 cm³/mol. The molecular formula is C12H20N4O2. The summed E-state index contributed by atoms with van der Waals surface area (Å²) in [5, 5.41) is 19.8. The highest BCUT2D eigenvalue weighted by molar-refractivity contribution is 5.68. The molecule has 100 valence electrons. The number of hydrogen-bond acceptors (Lipinski definition) is 4. The molecule has 0 aromatic carbocycles. The molecular weight excluding hydrogens is 232 g/mol. The highest BCUT2D eigenvalue weighted by Crippen LogP contribution is 2.18. The molecule has 6 heteroatoms. The second kappa shape index (κ2) is 5.07. The molecule has 1 aromatic rings. The van der Waals surface area contributed by atoms with E-state index in [4.69, 9.17) is 5.11 Å². The Balaban J connectivity index is 1.99. The molecule has 0 aliphatic carbocycles. The molecule has 0 saturated carbocycles. The molecule has 6 nitrogen and oxygen atoms in total. The van der Waals surface area contributed by atoms with Crippen LogP contribution in [0.25, 0.3) is 0 Å². The van der Waals surface area contributed by atoms with Gasteiger partial charge in [0.25, 0.3) is 0 Å². The van der Waals surface area contributed by atoms with E-state index in [0.29, 0.717) is 19.6 Å². The third-order valence-electron chi connectivity index (χ3n) is 3.40. The number of aryl methyl sites for hydroxylation is 2. The van der Waals surface area contributed by atoms with Crippen LogP contribution < -0.4 is 10.6 Å². The molecule has 1 aromatic heterocycles. The molecule has 0 bridgehead atoms. The molecule has 0 amide bonds. The zero-order valence-electron chi connectivity index (χ0n) is 10.9. The lowest BCUT2D eigenvalue weighted by molar-refractivity contribution is -0.139. The number of rotatable bonds is 6. The molecule has 3 N–H and O–H groups in total. The number of nitrogens with one attached hydrogen (secondary N) is 2. The van der Waals surface area contributed by atoms with Crippen LogP contribution >= 0.6 is 0 Å². The number of carboxylic acids is 1. The van der Waals surface area contributed by atoms with Crippen LogP contribution in [0.4, 0.5) is 0 Å². The van der Waals surface area contributed by atoms with Crippen molar-refractivity contribution < 1.29 is 9.90 Å². The first-order valence-corrected chi connectivity index (χ1v) is 6.23. The third-order valence-corrected chi connectivity index (χ3v) is 3.40. The molecule has 2 heterocycles. The minimum Gasteiger partial charge on any atom is -0.481 e. The maximum absolute atomic E-state index is 10.9. The van der Waals surface area contributed by atoms with E-state index in [1.54, 1.807) is 4.68 Å². The number of aromatic nitrogens is 2. The van der Waals surface area contributed by atoms with Gasteiger partial charge in [0.05, 0.1) is 17.7 Å². The molecule has 1 aliphatic rings. The average Bonchev–Trinajstić information content (AvgIpc) is 2.62. The van der Waals surface area contributed by atoms with E-state index in [-0.39, 0.29) is 12.0 Å². The van der Waals surface area contributed by atoms with Crippen molar-refractivity contribution in [2.24, 2.45) is 7.05 Å². The van der Waals surface area contributed by atoms with E-state index < -0.39 is 5.97 Å². The lowest BCUT2D eigenvalue weighted by Gasteiger charge is -2.42. The summed E-state index contributed by atoms with van der Waals surface area (Å²) in [4.78, 5) is 10.9. The largest absolute Gasteiger partial charge is 0.481 e. The average molecular weight is 252 g/mol. The Morgan fingerprint density at radius 3 is 2.89 bits per heavy atom. The van der Waals surface area contributed by atoms with Crippen LogP contribution in [0.3, 0.4) is 0 Å². The van der Waals surface area contributed by atoms with Gasteiger partial charge < -0.3 is 15.7 Å². The Labute approximate surface area is 106 Å². The Kier molecular flexibility index (Phi) is 3.68. The molecule has 0 atom stereocenters. The minimum absolute atomic E-state index is 0.154. The lowest BCUT2D eigenvalue weighted by atomic mass is 9.88. The van der Waals surface area contributed by atoms with Gasteiger partial charge in [0.1, 0.15) is 0 Å². The predicted octanol–water partition coefficient (Wildman–Crippen LogP) is -0.111. The Morgan fingerprint density at radius 1 is 1.67 bits per heavy atom. The van der Waals surface area contributed by atoms with Gasteiger partial charge in [-0.05, 0) is 6.42 Å². The topological polar surface area (TPSA) is 79.2 Å². The maximum atomic E-state index is 10.9. The van der Waals surface area contributed by atoms with Crippen LogP contribution in [0, 0.1) is 0 Å². The summed E-state index contributed by atoms with van der Waals surface area (Å²) < 4.78 is 1.80. The van der Waals surface area contributed by atoms with Crippen LogP contribution in [0.5, 0.6) is 0 Å². The van der Waals surface area contributed by atoms with E-state index in [2.05, 4.69) is 22.7 Å². The molecule has 2 rings (SSSR count). The van der Waals surface area contributed by atoms with Gasteiger partial charge in [-0.3, -0.25) is 9.48 Å². The first-order chi connectivity index (χ1) is 8.54. The lowest BCUT2D eigenvalue weighted by Crippen LogP contribution is -2.68. The number of carboxylic acid groups (broad SMARTS) is 1. The van der Waals surface area contributed by atoms with E-state index in [9.17, 15) is 4.79 Å². The van der Waals surface area contributed by atoms with Crippen LogP contribution in [-0.4, -0.2) is 39.5 Å². The van der Waals surface area contributed by atoms with Crippen molar-refractivity contribution in [3.05, 3.63) is 17.5 Å². The van der Waals surface area contributed by atoms with Gasteiger partial charge in [0, 0.05) is 38.4 Å². The van der Waals surface area contributed by atoms with Crippen molar-refractivity contribution in [1.29, 1.82) is 0 Å². The van der Waals surface area contributed by atoms with E-state index >= 15 is 0 Å². The molecule has 1 fully saturated rings. The fourth-order valence-electron chi connectivity index (χ4n) is 2.34. The molecule has 1 saturated heterocycles. The van der Waals surface area contributed by atoms with Gasteiger partial charge in [-0.2, -0.15) is 5.10 Å². The van der Waals surface area contributed by atoms with E-state index in [0.717, 1.165) is 17.7 Å². The van der Waals surface area contributed by atoms with Crippen LogP contribution in [0.15, 0.2) is 6.20 Å². The second-order valence-electron chi connectivity index (χ2n) is 4.94. The fourth-order valence-corrected chi connectivity index (χ4v) is 2.34. The number of aliphatic carboxylic acids is 1. The van der Waals surface area contributed by atoms with Crippen molar-refractivity contribution in [2.45, 2.75) is 31.8 Å². The SMILES string of the molecule is CCc1nn(C)cc1CNC1(CC(=O)O)CNC1. The minimum atomic E-state index is -0.758. The number of nitrogens with zero attached hydrogens (tertiary/aromatic N) is 2. The van der Waals surface area contributed by atoms with Gasteiger partial charge in [0.15, 0.2) is 0 Å². The first kappa shape index (κ1) is 13.0.